The van der Waals surface area contributed by atoms with Gasteiger partial charge in [0.1, 0.15) is 12.1 Å². The second kappa shape index (κ2) is 4.70. The third-order valence-electron chi connectivity index (χ3n) is 3.52. The molecule has 4 heteroatoms. The van der Waals surface area contributed by atoms with Crippen LogP contribution in [0, 0.1) is 11.8 Å². The van der Waals surface area contributed by atoms with Crippen LogP contribution in [0.5, 0.6) is 0 Å². The molecule has 0 spiro atoms. The van der Waals surface area contributed by atoms with Crippen molar-refractivity contribution >= 4 is 21.7 Å². The van der Waals surface area contributed by atoms with E-state index in [1.807, 2.05) is 6.20 Å². The Morgan fingerprint density at radius 3 is 2.81 bits per heavy atom. The van der Waals surface area contributed by atoms with Crippen molar-refractivity contribution in [1.82, 2.24) is 9.97 Å². The molecule has 2 heterocycles. The molecule has 1 aliphatic rings. The van der Waals surface area contributed by atoms with Gasteiger partial charge in [0.2, 0.25) is 0 Å². The van der Waals surface area contributed by atoms with Crippen LogP contribution in [0.3, 0.4) is 0 Å². The van der Waals surface area contributed by atoms with Crippen LogP contribution in [0.25, 0.3) is 0 Å². The molecule has 88 valence electrons. The topological polar surface area (TPSA) is 29.0 Å². The van der Waals surface area contributed by atoms with Gasteiger partial charge in [0.25, 0.3) is 0 Å². The molecule has 1 saturated heterocycles. The molecule has 3 unspecified atom stereocenters. The molecule has 0 aliphatic carbocycles. The molecule has 1 aromatic heterocycles. The van der Waals surface area contributed by atoms with Crippen LogP contribution < -0.4 is 4.90 Å². The monoisotopic (exact) mass is 283 g/mol. The van der Waals surface area contributed by atoms with Crippen LogP contribution in [0.4, 0.5) is 5.82 Å². The highest BCUT2D eigenvalue weighted by atomic mass is 79.9. The molecule has 3 nitrogen and oxygen atoms in total. The molecule has 2 rings (SSSR count). The lowest BCUT2D eigenvalue weighted by molar-refractivity contribution is 0.295. The number of halogens is 1. The number of hydrogen-bond acceptors (Lipinski definition) is 3. The minimum atomic E-state index is 0.544. The van der Waals surface area contributed by atoms with E-state index in [2.05, 4.69) is 51.6 Å². The van der Waals surface area contributed by atoms with E-state index in [1.165, 1.54) is 6.42 Å². The quantitative estimate of drug-likeness (QED) is 0.793. The molecular weight excluding hydrogens is 266 g/mol. The fourth-order valence-electron chi connectivity index (χ4n) is 2.51. The van der Waals surface area contributed by atoms with E-state index in [9.17, 15) is 0 Å². The highest BCUT2D eigenvalue weighted by Gasteiger charge is 2.30. The van der Waals surface area contributed by atoms with Crippen molar-refractivity contribution in [2.45, 2.75) is 33.2 Å². The Labute approximate surface area is 105 Å². The molecule has 0 bridgehead atoms. The van der Waals surface area contributed by atoms with Crippen molar-refractivity contribution in [3.63, 3.8) is 0 Å². The predicted octanol–water partition coefficient (Wildman–Crippen LogP) is 3.11. The molecule has 1 aromatic rings. The van der Waals surface area contributed by atoms with E-state index in [0.29, 0.717) is 12.0 Å². The van der Waals surface area contributed by atoms with Gasteiger partial charge in [0.05, 0.1) is 4.47 Å². The Hall–Kier alpha value is -0.640. The summed E-state index contributed by atoms with van der Waals surface area (Å²) in [6.45, 7) is 8.00. The van der Waals surface area contributed by atoms with Crippen molar-refractivity contribution in [2.24, 2.45) is 11.8 Å². The maximum atomic E-state index is 4.39. The highest BCUT2D eigenvalue weighted by molar-refractivity contribution is 9.10. The Morgan fingerprint density at radius 1 is 1.38 bits per heavy atom. The molecule has 16 heavy (non-hydrogen) atoms. The van der Waals surface area contributed by atoms with Gasteiger partial charge in [-0.2, -0.15) is 0 Å². The lowest BCUT2D eigenvalue weighted by Crippen LogP contribution is -2.46. The molecule has 0 amide bonds. The van der Waals surface area contributed by atoms with Crippen LogP contribution in [-0.2, 0) is 0 Å². The first kappa shape index (κ1) is 11.8. The minimum Gasteiger partial charge on any atom is -0.352 e. The van der Waals surface area contributed by atoms with Crippen LogP contribution in [0.1, 0.15) is 27.2 Å². The van der Waals surface area contributed by atoms with Gasteiger partial charge in [0.15, 0.2) is 0 Å². The molecule has 0 aromatic carbocycles. The van der Waals surface area contributed by atoms with Gasteiger partial charge in [-0.3, -0.25) is 0 Å². The van der Waals surface area contributed by atoms with E-state index >= 15 is 0 Å². The number of piperidine rings is 1. The molecule has 0 N–H and O–H groups in total. The normalized spacial score (nSPS) is 30.5. The highest BCUT2D eigenvalue weighted by Crippen LogP contribution is 2.33. The van der Waals surface area contributed by atoms with Gasteiger partial charge in [0, 0.05) is 18.8 Å². The number of hydrogen-bond donors (Lipinski definition) is 0. The molecule has 3 atom stereocenters. The van der Waals surface area contributed by atoms with E-state index in [0.717, 1.165) is 22.8 Å². The van der Waals surface area contributed by atoms with Gasteiger partial charge in [-0.15, -0.1) is 0 Å². The van der Waals surface area contributed by atoms with Crippen molar-refractivity contribution < 1.29 is 0 Å². The van der Waals surface area contributed by atoms with Gasteiger partial charge in [-0.05, 0) is 41.1 Å². The minimum absolute atomic E-state index is 0.544. The number of anilines is 1. The van der Waals surface area contributed by atoms with E-state index in [-0.39, 0.29) is 0 Å². The van der Waals surface area contributed by atoms with Crippen molar-refractivity contribution in [1.29, 1.82) is 0 Å². The molecule has 0 saturated carbocycles. The first-order chi connectivity index (χ1) is 7.59. The lowest BCUT2D eigenvalue weighted by atomic mass is 9.86. The Bertz CT molecular complexity index is 369. The van der Waals surface area contributed by atoms with Crippen LogP contribution in [-0.4, -0.2) is 22.6 Å². The van der Waals surface area contributed by atoms with Crippen LogP contribution in [0.2, 0.25) is 0 Å². The van der Waals surface area contributed by atoms with Crippen molar-refractivity contribution in [2.75, 3.05) is 11.4 Å². The second-order valence-corrected chi connectivity index (χ2v) is 5.76. The molecule has 0 radical (unpaired) electrons. The van der Waals surface area contributed by atoms with E-state index in [4.69, 9.17) is 0 Å². The van der Waals surface area contributed by atoms with Crippen molar-refractivity contribution in [3.8, 4) is 0 Å². The number of aromatic nitrogens is 2. The van der Waals surface area contributed by atoms with Crippen LogP contribution in [0.15, 0.2) is 17.0 Å². The first-order valence-corrected chi connectivity index (χ1v) is 6.61. The molecular formula is C12H18BrN3. The largest absolute Gasteiger partial charge is 0.352 e. The maximum absolute atomic E-state index is 4.39. The Morgan fingerprint density at radius 2 is 2.12 bits per heavy atom. The fraction of sp³-hybridized carbons (Fsp3) is 0.667. The first-order valence-electron chi connectivity index (χ1n) is 5.81. The Kier molecular flexibility index (Phi) is 3.47. The zero-order valence-corrected chi connectivity index (χ0v) is 11.6. The lowest BCUT2D eigenvalue weighted by Gasteiger charge is -2.42. The maximum Gasteiger partial charge on any atom is 0.146 e. The van der Waals surface area contributed by atoms with Gasteiger partial charge < -0.3 is 4.90 Å². The third kappa shape index (κ3) is 2.21. The summed E-state index contributed by atoms with van der Waals surface area (Å²) in [5.74, 6) is 2.47. The molecule has 1 aliphatic heterocycles. The second-order valence-electron chi connectivity index (χ2n) is 4.91. The predicted molar refractivity (Wildman–Crippen MR) is 69.5 cm³/mol. The SMILES string of the molecule is CC1CC(C)C(C)N(c2ncncc2Br)C1. The summed E-state index contributed by atoms with van der Waals surface area (Å²) in [6.07, 6.45) is 4.75. The van der Waals surface area contributed by atoms with Gasteiger partial charge >= 0.3 is 0 Å². The average Bonchev–Trinajstić information content (AvgIpc) is 2.24. The van der Waals surface area contributed by atoms with Gasteiger partial charge in [-0.25, -0.2) is 9.97 Å². The van der Waals surface area contributed by atoms with E-state index in [1.54, 1.807) is 6.33 Å². The summed E-state index contributed by atoms with van der Waals surface area (Å²) in [7, 11) is 0. The fourth-order valence-corrected chi connectivity index (χ4v) is 2.96. The Balaban J connectivity index is 2.29. The smallest absolute Gasteiger partial charge is 0.146 e. The molecule has 1 fully saturated rings. The average molecular weight is 284 g/mol. The zero-order valence-electron chi connectivity index (χ0n) is 10.0. The summed E-state index contributed by atoms with van der Waals surface area (Å²) in [5, 5.41) is 0. The summed E-state index contributed by atoms with van der Waals surface area (Å²) in [5.41, 5.74) is 0. The van der Waals surface area contributed by atoms with Crippen LogP contribution >= 0.6 is 15.9 Å². The summed E-state index contributed by atoms with van der Waals surface area (Å²) in [6, 6.07) is 0.544. The van der Waals surface area contributed by atoms with E-state index < -0.39 is 0 Å². The van der Waals surface area contributed by atoms with Gasteiger partial charge in [-0.1, -0.05) is 13.8 Å². The summed E-state index contributed by atoms with van der Waals surface area (Å²) < 4.78 is 0.989. The standard InChI is InChI=1S/C12H18BrN3/c1-8-4-9(2)10(3)16(6-8)12-11(13)5-14-7-15-12/h5,7-10H,4,6H2,1-3H3. The summed E-state index contributed by atoms with van der Waals surface area (Å²) >= 11 is 3.53. The third-order valence-corrected chi connectivity index (χ3v) is 4.08. The van der Waals surface area contributed by atoms with Crippen molar-refractivity contribution in [3.05, 3.63) is 17.0 Å². The number of nitrogens with zero attached hydrogens (tertiary/aromatic N) is 3. The number of rotatable bonds is 1. The summed E-state index contributed by atoms with van der Waals surface area (Å²) in [4.78, 5) is 10.8. The zero-order chi connectivity index (χ0) is 11.7.